The topological polar surface area (TPSA) is 53.6 Å². The SMILES string of the molecule is COC1CCN([C@H]2CCC[C@H]2NCC(=O)NCc2ccccc2C)C1. The van der Waals surface area contributed by atoms with Gasteiger partial charge >= 0.3 is 0 Å². The van der Waals surface area contributed by atoms with Gasteiger partial charge in [0.25, 0.3) is 0 Å². The molecule has 1 amide bonds. The molecule has 5 heteroatoms. The molecule has 1 aliphatic carbocycles. The summed E-state index contributed by atoms with van der Waals surface area (Å²) in [6.45, 7) is 5.21. The Kier molecular flexibility index (Phi) is 6.45. The van der Waals surface area contributed by atoms with E-state index in [1.807, 2.05) is 12.1 Å². The van der Waals surface area contributed by atoms with E-state index in [0.717, 1.165) is 25.9 Å². The maximum atomic E-state index is 12.2. The molecule has 25 heavy (non-hydrogen) atoms. The minimum absolute atomic E-state index is 0.0742. The molecule has 3 atom stereocenters. The van der Waals surface area contributed by atoms with Gasteiger partial charge < -0.3 is 15.4 Å². The van der Waals surface area contributed by atoms with Crippen molar-refractivity contribution < 1.29 is 9.53 Å². The highest BCUT2D eigenvalue weighted by Gasteiger charge is 2.35. The first-order valence-electron chi connectivity index (χ1n) is 9.49. The summed E-state index contributed by atoms with van der Waals surface area (Å²) in [5, 5.41) is 6.53. The van der Waals surface area contributed by atoms with Crippen molar-refractivity contribution in [3.63, 3.8) is 0 Å². The van der Waals surface area contributed by atoms with Gasteiger partial charge in [0.05, 0.1) is 12.6 Å². The van der Waals surface area contributed by atoms with E-state index in [4.69, 9.17) is 4.74 Å². The molecule has 0 aromatic heterocycles. The Bertz CT molecular complexity index is 578. The molecule has 1 saturated carbocycles. The standard InChI is InChI=1S/C20H31N3O2/c1-15-6-3-4-7-16(15)12-22-20(24)13-21-18-8-5-9-19(18)23-11-10-17(14-23)25-2/h3-4,6-7,17-19,21H,5,8-14H2,1-2H3,(H,22,24)/t17?,18-,19+/m1/s1. The molecule has 0 radical (unpaired) electrons. The minimum atomic E-state index is 0.0742. The summed E-state index contributed by atoms with van der Waals surface area (Å²) in [7, 11) is 1.80. The Balaban J connectivity index is 1.43. The summed E-state index contributed by atoms with van der Waals surface area (Å²) in [6.07, 6.45) is 5.11. The van der Waals surface area contributed by atoms with Crippen molar-refractivity contribution >= 4 is 5.91 Å². The third kappa shape index (κ3) is 4.81. The van der Waals surface area contributed by atoms with E-state index >= 15 is 0 Å². The molecule has 2 N–H and O–H groups in total. The average molecular weight is 345 g/mol. The van der Waals surface area contributed by atoms with Crippen LogP contribution in [0.5, 0.6) is 0 Å². The molecule has 1 unspecified atom stereocenters. The second-order valence-corrected chi connectivity index (χ2v) is 7.33. The fourth-order valence-corrected chi connectivity index (χ4v) is 4.15. The number of amides is 1. The Hall–Kier alpha value is -1.43. The van der Waals surface area contributed by atoms with Crippen molar-refractivity contribution in [2.45, 2.75) is 57.3 Å². The number of carbonyl (C=O) groups excluding carboxylic acids is 1. The molecule has 1 heterocycles. The second-order valence-electron chi connectivity index (χ2n) is 7.33. The largest absolute Gasteiger partial charge is 0.380 e. The predicted octanol–water partition coefficient (Wildman–Crippen LogP) is 1.84. The minimum Gasteiger partial charge on any atom is -0.380 e. The molecule has 1 aromatic carbocycles. The zero-order chi connectivity index (χ0) is 17.6. The van der Waals surface area contributed by atoms with Gasteiger partial charge in [0.2, 0.25) is 5.91 Å². The van der Waals surface area contributed by atoms with E-state index in [0.29, 0.717) is 31.3 Å². The Morgan fingerprint density at radius 3 is 2.88 bits per heavy atom. The first-order valence-corrected chi connectivity index (χ1v) is 9.49. The van der Waals surface area contributed by atoms with Crippen molar-refractivity contribution in [2.75, 3.05) is 26.7 Å². The number of methoxy groups -OCH3 is 1. The monoisotopic (exact) mass is 345 g/mol. The van der Waals surface area contributed by atoms with E-state index in [-0.39, 0.29) is 5.91 Å². The predicted molar refractivity (Wildman–Crippen MR) is 99.4 cm³/mol. The fraction of sp³-hybridized carbons (Fsp3) is 0.650. The molecule has 3 rings (SSSR count). The maximum absolute atomic E-state index is 12.2. The van der Waals surface area contributed by atoms with Crippen LogP contribution in [0.1, 0.15) is 36.8 Å². The molecule has 2 aliphatic rings. The van der Waals surface area contributed by atoms with Gasteiger partial charge in [-0.15, -0.1) is 0 Å². The normalized spacial score (nSPS) is 26.9. The molecular weight excluding hydrogens is 314 g/mol. The Labute approximate surface area is 151 Å². The maximum Gasteiger partial charge on any atom is 0.234 e. The van der Waals surface area contributed by atoms with Crippen LogP contribution in [0, 0.1) is 6.92 Å². The Morgan fingerprint density at radius 1 is 1.28 bits per heavy atom. The van der Waals surface area contributed by atoms with Crippen LogP contribution in [0.15, 0.2) is 24.3 Å². The number of ether oxygens (including phenoxy) is 1. The lowest BCUT2D eigenvalue weighted by atomic mass is 10.1. The molecule has 5 nitrogen and oxygen atoms in total. The highest BCUT2D eigenvalue weighted by molar-refractivity contribution is 5.78. The smallest absolute Gasteiger partial charge is 0.234 e. The Morgan fingerprint density at radius 2 is 2.12 bits per heavy atom. The summed E-state index contributed by atoms with van der Waals surface area (Å²) >= 11 is 0. The zero-order valence-electron chi connectivity index (χ0n) is 15.5. The van der Waals surface area contributed by atoms with Crippen molar-refractivity contribution in [1.29, 1.82) is 0 Å². The van der Waals surface area contributed by atoms with Gasteiger partial charge in [0, 0.05) is 38.8 Å². The highest BCUT2D eigenvalue weighted by Crippen LogP contribution is 2.27. The summed E-state index contributed by atoms with van der Waals surface area (Å²) in [5.41, 5.74) is 2.39. The molecule has 2 fully saturated rings. The molecule has 138 valence electrons. The van der Waals surface area contributed by atoms with Gasteiger partial charge in [-0.3, -0.25) is 9.69 Å². The van der Waals surface area contributed by atoms with Gasteiger partial charge in [0.1, 0.15) is 0 Å². The number of nitrogens with zero attached hydrogens (tertiary/aromatic N) is 1. The molecule has 1 aliphatic heterocycles. The number of hydrogen-bond donors (Lipinski definition) is 2. The van der Waals surface area contributed by atoms with E-state index in [1.165, 1.54) is 24.0 Å². The zero-order valence-corrected chi connectivity index (χ0v) is 15.5. The number of likely N-dealkylation sites (tertiary alicyclic amines) is 1. The number of carbonyl (C=O) groups is 1. The summed E-state index contributed by atoms with van der Waals surface area (Å²) in [4.78, 5) is 14.7. The van der Waals surface area contributed by atoms with E-state index in [2.05, 4.69) is 34.6 Å². The number of benzene rings is 1. The number of nitrogens with one attached hydrogen (secondary N) is 2. The fourth-order valence-electron chi connectivity index (χ4n) is 4.15. The van der Waals surface area contributed by atoms with Crippen molar-refractivity contribution in [1.82, 2.24) is 15.5 Å². The van der Waals surface area contributed by atoms with Gasteiger partial charge in [0.15, 0.2) is 0 Å². The summed E-state index contributed by atoms with van der Waals surface area (Å²) in [6, 6.07) is 9.14. The van der Waals surface area contributed by atoms with Crippen LogP contribution in [0.4, 0.5) is 0 Å². The first-order chi connectivity index (χ1) is 12.2. The molecule has 1 saturated heterocycles. The second kappa shape index (κ2) is 8.79. The summed E-state index contributed by atoms with van der Waals surface area (Å²) in [5.74, 6) is 0.0742. The summed E-state index contributed by atoms with van der Waals surface area (Å²) < 4.78 is 5.49. The van der Waals surface area contributed by atoms with Crippen molar-refractivity contribution in [3.8, 4) is 0 Å². The van der Waals surface area contributed by atoms with Crippen molar-refractivity contribution in [3.05, 3.63) is 35.4 Å². The number of aryl methyl sites for hydroxylation is 1. The van der Waals surface area contributed by atoms with Crippen LogP contribution in [-0.2, 0) is 16.1 Å². The lowest BCUT2D eigenvalue weighted by Crippen LogP contribution is -2.48. The first kappa shape index (κ1) is 18.4. The van der Waals surface area contributed by atoms with E-state index < -0.39 is 0 Å². The number of rotatable bonds is 7. The molecule has 1 aromatic rings. The van der Waals surface area contributed by atoms with Crippen LogP contribution >= 0.6 is 0 Å². The molecule has 0 bridgehead atoms. The van der Waals surface area contributed by atoms with Gasteiger partial charge in [-0.05, 0) is 37.3 Å². The molecule has 0 spiro atoms. The van der Waals surface area contributed by atoms with Gasteiger partial charge in [-0.1, -0.05) is 30.7 Å². The highest BCUT2D eigenvalue weighted by atomic mass is 16.5. The van der Waals surface area contributed by atoms with Crippen LogP contribution in [0.2, 0.25) is 0 Å². The lowest BCUT2D eigenvalue weighted by Gasteiger charge is -2.30. The third-order valence-corrected chi connectivity index (χ3v) is 5.72. The van der Waals surface area contributed by atoms with Gasteiger partial charge in [-0.2, -0.15) is 0 Å². The quantitative estimate of drug-likeness (QED) is 0.792. The van der Waals surface area contributed by atoms with E-state index in [9.17, 15) is 4.79 Å². The van der Waals surface area contributed by atoms with Crippen LogP contribution in [0.25, 0.3) is 0 Å². The van der Waals surface area contributed by atoms with Crippen LogP contribution < -0.4 is 10.6 Å². The molecular formula is C20H31N3O2. The van der Waals surface area contributed by atoms with Crippen molar-refractivity contribution in [2.24, 2.45) is 0 Å². The van der Waals surface area contributed by atoms with E-state index in [1.54, 1.807) is 7.11 Å². The lowest BCUT2D eigenvalue weighted by molar-refractivity contribution is -0.120. The van der Waals surface area contributed by atoms with Crippen LogP contribution in [-0.4, -0.2) is 55.7 Å². The van der Waals surface area contributed by atoms with Crippen LogP contribution in [0.3, 0.4) is 0 Å². The average Bonchev–Trinajstić information content (AvgIpc) is 3.27. The van der Waals surface area contributed by atoms with Gasteiger partial charge in [-0.25, -0.2) is 0 Å². The third-order valence-electron chi connectivity index (χ3n) is 5.72. The number of hydrogen-bond acceptors (Lipinski definition) is 4.